The second-order valence-electron chi connectivity index (χ2n) is 4.48. The molecule has 1 aromatic heterocycles. The topological polar surface area (TPSA) is 56.3 Å². The Morgan fingerprint density at radius 3 is 2.72 bits per heavy atom. The van der Waals surface area contributed by atoms with Gasteiger partial charge in [0, 0.05) is 19.7 Å². The molecule has 0 saturated carbocycles. The van der Waals surface area contributed by atoms with Crippen LogP contribution in [0.3, 0.4) is 0 Å². The van der Waals surface area contributed by atoms with Crippen molar-refractivity contribution in [3.8, 4) is 5.88 Å². The second-order valence-corrected chi connectivity index (χ2v) is 4.48. The van der Waals surface area contributed by atoms with Gasteiger partial charge in [0.15, 0.2) is 5.82 Å². The molecule has 0 radical (unpaired) electrons. The van der Waals surface area contributed by atoms with Crippen molar-refractivity contribution in [3.05, 3.63) is 11.9 Å². The van der Waals surface area contributed by atoms with Gasteiger partial charge in [0.05, 0.1) is 6.61 Å². The summed E-state index contributed by atoms with van der Waals surface area (Å²) in [6.45, 7) is 8.21. The van der Waals surface area contributed by atoms with Crippen LogP contribution in [0.15, 0.2) is 6.07 Å². The van der Waals surface area contributed by atoms with Gasteiger partial charge in [-0.15, -0.1) is 0 Å². The number of nitrogens with one attached hydrogen (secondary N) is 1. The van der Waals surface area contributed by atoms with E-state index in [1.165, 1.54) is 0 Å². The molecule has 0 atom stereocenters. The van der Waals surface area contributed by atoms with Crippen LogP contribution in [0.5, 0.6) is 5.88 Å². The van der Waals surface area contributed by atoms with Gasteiger partial charge in [-0.1, -0.05) is 13.8 Å². The highest BCUT2D eigenvalue weighted by molar-refractivity contribution is 5.38. The van der Waals surface area contributed by atoms with Crippen molar-refractivity contribution in [2.24, 2.45) is 5.92 Å². The van der Waals surface area contributed by atoms with Crippen LogP contribution in [0.2, 0.25) is 0 Å². The molecule has 0 unspecified atom stereocenters. The van der Waals surface area contributed by atoms with Crippen LogP contribution in [0, 0.1) is 5.92 Å². The molecular weight excluding hydrogens is 230 g/mol. The fourth-order valence-corrected chi connectivity index (χ4v) is 1.47. The average molecular weight is 253 g/mol. The van der Waals surface area contributed by atoms with Gasteiger partial charge >= 0.3 is 0 Å². The summed E-state index contributed by atoms with van der Waals surface area (Å²) in [5.41, 5.74) is 0. The summed E-state index contributed by atoms with van der Waals surface area (Å²) in [7, 11) is 1.63. The fourth-order valence-electron chi connectivity index (χ4n) is 1.47. The first-order valence-corrected chi connectivity index (χ1v) is 6.39. The molecule has 1 heterocycles. The number of hydrogen-bond acceptors (Lipinski definition) is 5. The maximum Gasteiger partial charge on any atom is 0.218 e. The molecule has 1 N–H and O–H groups in total. The number of aromatic nitrogens is 2. The number of nitrogens with zero attached hydrogens (tertiary/aromatic N) is 2. The van der Waals surface area contributed by atoms with Gasteiger partial charge in [0.25, 0.3) is 0 Å². The van der Waals surface area contributed by atoms with Crippen LogP contribution in [0.1, 0.15) is 33.0 Å². The smallest absolute Gasteiger partial charge is 0.218 e. The highest BCUT2D eigenvalue weighted by Crippen LogP contribution is 2.14. The third-order valence-electron chi connectivity index (χ3n) is 2.34. The molecule has 0 saturated heterocycles. The van der Waals surface area contributed by atoms with Crippen molar-refractivity contribution in [1.29, 1.82) is 0 Å². The SMILES string of the molecule is CCOc1cc(NCCC(C)C)nc(COC)n1. The van der Waals surface area contributed by atoms with E-state index >= 15 is 0 Å². The van der Waals surface area contributed by atoms with Crippen molar-refractivity contribution in [3.63, 3.8) is 0 Å². The zero-order chi connectivity index (χ0) is 13.4. The normalized spacial score (nSPS) is 10.7. The monoisotopic (exact) mass is 253 g/mol. The first kappa shape index (κ1) is 14.7. The lowest BCUT2D eigenvalue weighted by atomic mass is 10.1. The van der Waals surface area contributed by atoms with Gasteiger partial charge < -0.3 is 14.8 Å². The molecule has 0 spiro atoms. The van der Waals surface area contributed by atoms with E-state index in [0.717, 1.165) is 18.8 Å². The van der Waals surface area contributed by atoms with Gasteiger partial charge in [-0.2, -0.15) is 4.98 Å². The van der Waals surface area contributed by atoms with E-state index in [0.29, 0.717) is 30.8 Å². The highest BCUT2D eigenvalue weighted by atomic mass is 16.5. The molecule has 0 fully saturated rings. The first-order valence-electron chi connectivity index (χ1n) is 6.39. The van der Waals surface area contributed by atoms with Crippen molar-refractivity contribution in [2.75, 3.05) is 25.6 Å². The molecule has 5 heteroatoms. The number of anilines is 1. The Kier molecular flexibility index (Phi) is 6.43. The Hall–Kier alpha value is -1.36. The molecule has 0 bridgehead atoms. The van der Waals surface area contributed by atoms with Crippen molar-refractivity contribution >= 4 is 5.82 Å². The Labute approximate surface area is 109 Å². The van der Waals surface area contributed by atoms with E-state index in [4.69, 9.17) is 9.47 Å². The summed E-state index contributed by atoms with van der Waals surface area (Å²) in [6, 6.07) is 1.82. The lowest BCUT2D eigenvalue weighted by Crippen LogP contribution is -2.09. The predicted octanol–water partition coefficient (Wildman–Crippen LogP) is 2.48. The van der Waals surface area contributed by atoms with Crippen LogP contribution in [-0.4, -0.2) is 30.2 Å². The molecule has 5 nitrogen and oxygen atoms in total. The summed E-state index contributed by atoms with van der Waals surface area (Å²) in [5, 5.41) is 3.29. The molecule has 18 heavy (non-hydrogen) atoms. The van der Waals surface area contributed by atoms with Crippen LogP contribution in [0.25, 0.3) is 0 Å². The Morgan fingerprint density at radius 1 is 1.33 bits per heavy atom. The van der Waals surface area contributed by atoms with Crippen molar-refractivity contribution in [2.45, 2.75) is 33.8 Å². The van der Waals surface area contributed by atoms with Crippen molar-refractivity contribution in [1.82, 2.24) is 9.97 Å². The molecule has 0 aliphatic heterocycles. The maximum atomic E-state index is 5.41. The zero-order valence-corrected chi connectivity index (χ0v) is 11.7. The fraction of sp³-hybridized carbons (Fsp3) is 0.692. The van der Waals surface area contributed by atoms with E-state index < -0.39 is 0 Å². The van der Waals surface area contributed by atoms with Crippen LogP contribution in [0.4, 0.5) is 5.82 Å². The Balaban J connectivity index is 2.69. The average Bonchev–Trinajstić information content (AvgIpc) is 2.29. The van der Waals surface area contributed by atoms with E-state index in [9.17, 15) is 0 Å². The number of rotatable bonds is 8. The lowest BCUT2D eigenvalue weighted by molar-refractivity contribution is 0.176. The highest BCUT2D eigenvalue weighted by Gasteiger charge is 2.05. The predicted molar refractivity (Wildman–Crippen MR) is 71.9 cm³/mol. The van der Waals surface area contributed by atoms with E-state index in [-0.39, 0.29) is 0 Å². The number of ether oxygens (including phenoxy) is 2. The summed E-state index contributed by atoms with van der Waals surface area (Å²) in [5.74, 6) is 2.69. The molecule has 102 valence electrons. The largest absolute Gasteiger partial charge is 0.478 e. The Bertz CT molecular complexity index is 332. The minimum atomic E-state index is 0.389. The zero-order valence-electron chi connectivity index (χ0n) is 11.7. The van der Waals surface area contributed by atoms with Crippen LogP contribution >= 0.6 is 0 Å². The third kappa shape index (κ3) is 5.31. The van der Waals surface area contributed by atoms with Crippen LogP contribution in [-0.2, 0) is 11.3 Å². The van der Waals surface area contributed by atoms with Gasteiger partial charge in [-0.25, -0.2) is 4.98 Å². The van der Waals surface area contributed by atoms with Gasteiger partial charge in [0.2, 0.25) is 5.88 Å². The summed E-state index contributed by atoms with van der Waals surface area (Å²) < 4.78 is 10.5. The van der Waals surface area contributed by atoms with Gasteiger partial charge in [-0.3, -0.25) is 0 Å². The van der Waals surface area contributed by atoms with Crippen molar-refractivity contribution < 1.29 is 9.47 Å². The molecule has 0 aromatic carbocycles. The molecule has 0 aliphatic carbocycles. The van der Waals surface area contributed by atoms with E-state index in [1.54, 1.807) is 7.11 Å². The second kappa shape index (κ2) is 7.87. The maximum absolute atomic E-state index is 5.41. The van der Waals surface area contributed by atoms with E-state index in [1.807, 2.05) is 13.0 Å². The minimum Gasteiger partial charge on any atom is -0.478 e. The third-order valence-corrected chi connectivity index (χ3v) is 2.34. The van der Waals surface area contributed by atoms with Crippen LogP contribution < -0.4 is 10.1 Å². The molecule has 0 aliphatic rings. The molecule has 0 amide bonds. The van der Waals surface area contributed by atoms with E-state index in [2.05, 4.69) is 29.1 Å². The number of methoxy groups -OCH3 is 1. The lowest BCUT2D eigenvalue weighted by Gasteiger charge is -2.10. The minimum absolute atomic E-state index is 0.389. The standard InChI is InChI=1S/C13H23N3O2/c1-5-18-13-8-11(14-7-6-10(2)3)15-12(16-13)9-17-4/h8,10H,5-7,9H2,1-4H3,(H,14,15,16). The summed E-state index contributed by atoms with van der Waals surface area (Å²) in [4.78, 5) is 8.63. The molecule has 1 aromatic rings. The molecule has 1 rings (SSSR count). The molecular formula is C13H23N3O2. The Morgan fingerprint density at radius 2 is 2.11 bits per heavy atom. The quantitative estimate of drug-likeness (QED) is 0.771. The first-order chi connectivity index (χ1) is 8.65. The van der Waals surface area contributed by atoms with Gasteiger partial charge in [-0.05, 0) is 19.3 Å². The number of hydrogen-bond donors (Lipinski definition) is 1. The summed E-state index contributed by atoms with van der Waals surface area (Å²) >= 11 is 0. The van der Waals surface area contributed by atoms with Gasteiger partial charge in [0.1, 0.15) is 12.4 Å². The summed E-state index contributed by atoms with van der Waals surface area (Å²) in [6.07, 6.45) is 1.10.